The normalized spacial score (nSPS) is 11.2. The quantitative estimate of drug-likeness (QED) is 0.184. The van der Waals surface area contributed by atoms with Gasteiger partial charge in [-0.15, -0.1) is 0 Å². The smallest absolute Gasteiger partial charge is 0.101 e. The first-order valence-corrected chi connectivity index (χ1v) is 16.3. The average molecular weight is 622 g/mol. The van der Waals surface area contributed by atoms with Crippen molar-refractivity contribution < 1.29 is 0 Å². The maximum atomic E-state index is 10.3. The van der Waals surface area contributed by atoms with Gasteiger partial charge in [0.2, 0.25) is 0 Å². The number of hydrogen-bond donors (Lipinski definition) is 0. The van der Waals surface area contributed by atoms with Crippen LogP contribution in [-0.4, -0.2) is 4.57 Å². The van der Waals surface area contributed by atoms with Gasteiger partial charge in [-0.25, -0.2) is 0 Å². The monoisotopic (exact) mass is 621 g/mol. The molecule has 0 bridgehead atoms. The molecule has 49 heavy (non-hydrogen) atoms. The first-order chi connectivity index (χ1) is 24.2. The van der Waals surface area contributed by atoms with Crippen molar-refractivity contribution in [2.45, 2.75) is 0 Å². The molecule has 0 unspecified atom stereocenters. The zero-order valence-electron chi connectivity index (χ0n) is 26.4. The number of rotatable bonds is 4. The Bertz CT molecular complexity index is 2740. The second-order valence-corrected chi connectivity index (χ2v) is 12.3. The third-order valence-electron chi connectivity index (χ3n) is 9.62. The standard InChI is InChI=1S/C46H27N3/c47-28-30-24-34(32-22-23-33(29-48)44(27-32)49-42-20-10-8-14-36(42)37-15-9-11-21-43(37)49)26-35(25-30)46-40-18-6-4-16-38(40)45(31-12-2-1-3-13-31)39-17-5-7-19-41(39)46/h1-27H. The Balaban J connectivity index is 1.31. The Morgan fingerprint density at radius 2 is 0.857 bits per heavy atom. The molecule has 9 rings (SSSR count). The van der Waals surface area contributed by atoms with E-state index in [1.807, 2.05) is 42.5 Å². The van der Waals surface area contributed by atoms with Crippen LogP contribution in [-0.2, 0) is 0 Å². The van der Waals surface area contributed by atoms with Crippen molar-refractivity contribution in [3.63, 3.8) is 0 Å². The Morgan fingerprint density at radius 3 is 1.41 bits per heavy atom. The zero-order chi connectivity index (χ0) is 32.9. The molecule has 0 aliphatic carbocycles. The van der Waals surface area contributed by atoms with Crippen LogP contribution in [0.5, 0.6) is 0 Å². The molecular formula is C46H27N3. The molecule has 3 heteroatoms. The van der Waals surface area contributed by atoms with Gasteiger partial charge >= 0.3 is 0 Å². The summed E-state index contributed by atoms with van der Waals surface area (Å²) in [5.41, 5.74) is 10.4. The number of aromatic nitrogens is 1. The molecule has 0 spiro atoms. The molecule has 9 aromatic rings. The van der Waals surface area contributed by atoms with Crippen LogP contribution in [0.4, 0.5) is 0 Å². The number of hydrogen-bond acceptors (Lipinski definition) is 2. The molecule has 1 aromatic heterocycles. The largest absolute Gasteiger partial charge is 0.308 e. The zero-order valence-corrected chi connectivity index (χ0v) is 26.4. The summed E-state index contributed by atoms with van der Waals surface area (Å²) < 4.78 is 2.19. The lowest BCUT2D eigenvalue weighted by atomic mass is 9.85. The van der Waals surface area contributed by atoms with Gasteiger partial charge in [0.25, 0.3) is 0 Å². The van der Waals surface area contributed by atoms with Crippen molar-refractivity contribution in [2.75, 3.05) is 0 Å². The second-order valence-electron chi connectivity index (χ2n) is 12.3. The third-order valence-corrected chi connectivity index (χ3v) is 9.62. The summed E-state index contributed by atoms with van der Waals surface area (Å²) in [5, 5.41) is 27.5. The van der Waals surface area contributed by atoms with E-state index in [-0.39, 0.29) is 0 Å². The Kier molecular flexibility index (Phi) is 6.58. The van der Waals surface area contributed by atoms with E-state index < -0.39 is 0 Å². The van der Waals surface area contributed by atoms with Gasteiger partial charge < -0.3 is 4.57 Å². The van der Waals surface area contributed by atoms with Crippen LogP contribution < -0.4 is 0 Å². The van der Waals surface area contributed by atoms with Gasteiger partial charge in [0.15, 0.2) is 0 Å². The van der Waals surface area contributed by atoms with Crippen LogP contribution in [0.3, 0.4) is 0 Å². The van der Waals surface area contributed by atoms with Gasteiger partial charge in [-0.05, 0) is 97.4 Å². The number of fused-ring (bicyclic) bond motifs is 5. The first kappa shape index (κ1) is 28.3. The van der Waals surface area contributed by atoms with Crippen molar-refractivity contribution in [1.82, 2.24) is 4.57 Å². The van der Waals surface area contributed by atoms with Crippen LogP contribution in [0.1, 0.15) is 11.1 Å². The van der Waals surface area contributed by atoms with Crippen LogP contribution in [0.2, 0.25) is 0 Å². The average Bonchev–Trinajstić information content (AvgIpc) is 3.51. The number of para-hydroxylation sites is 2. The van der Waals surface area contributed by atoms with E-state index in [4.69, 9.17) is 0 Å². The van der Waals surface area contributed by atoms with Gasteiger partial charge in [-0.1, -0.05) is 121 Å². The van der Waals surface area contributed by atoms with E-state index in [0.29, 0.717) is 11.1 Å². The summed E-state index contributed by atoms with van der Waals surface area (Å²) in [7, 11) is 0. The van der Waals surface area contributed by atoms with Crippen LogP contribution in [0.15, 0.2) is 164 Å². The van der Waals surface area contributed by atoms with Gasteiger partial charge in [0.1, 0.15) is 6.07 Å². The maximum Gasteiger partial charge on any atom is 0.101 e. The highest BCUT2D eigenvalue weighted by atomic mass is 15.0. The lowest BCUT2D eigenvalue weighted by Crippen LogP contribution is -1.98. The molecule has 0 saturated heterocycles. The summed E-state index contributed by atoms with van der Waals surface area (Å²) in [4.78, 5) is 0. The molecule has 0 saturated carbocycles. The fourth-order valence-corrected chi connectivity index (χ4v) is 7.53. The van der Waals surface area contributed by atoms with Gasteiger partial charge in [-0.2, -0.15) is 10.5 Å². The Morgan fingerprint density at radius 1 is 0.367 bits per heavy atom. The SMILES string of the molecule is N#Cc1cc(-c2ccc(C#N)c(-n3c4ccccc4c4ccccc43)c2)cc(-c2c3ccccc3c(-c3ccccc3)c3ccccc23)c1. The molecule has 8 aromatic carbocycles. The summed E-state index contributed by atoms with van der Waals surface area (Å²) in [5.74, 6) is 0. The van der Waals surface area contributed by atoms with Crippen LogP contribution >= 0.6 is 0 Å². The summed E-state index contributed by atoms with van der Waals surface area (Å²) >= 11 is 0. The van der Waals surface area contributed by atoms with E-state index in [2.05, 4.69) is 138 Å². The van der Waals surface area contributed by atoms with E-state index in [1.165, 1.54) is 21.9 Å². The molecule has 226 valence electrons. The number of nitriles is 2. The molecular weight excluding hydrogens is 595 g/mol. The molecule has 0 fully saturated rings. The Labute approximate surface area is 283 Å². The highest BCUT2D eigenvalue weighted by Gasteiger charge is 2.19. The van der Waals surface area contributed by atoms with Gasteiger partial charge in [0.05, 0.1) is 33.9 Å². The molecule has 3 nitrogen and oxygen atoms in total. The maximum absolute atomic E-state index is 10.3. The molecule has 0 atom stereocenters. The minimum atomic E-state index is 0.579. The fourth-order valence-electron chi connectivity index (χ4n) is 7.53. The summed E-state index contributed by atoms with van der Waals surface area (Å²) in [6.45, 7) is 0. The van der Waals surface area contributed by atoms with E-state index in [0.717, 1.165) is 60.5 Å². The fraction of sp³-hybridized carbons (Fsp3) is 0. The molecule has 0 radical (unpaired) electrons. The van der Waals surface area contributed by atoms with Gasteiger partial charge in [0, 0.05) is 10.8 Å². The third kappa shape index (κ3) is 4.49. The first-order valence-electron chi connectivity index (χ1n) is 16.3. The van der Waals surface area contributed by atoms with E-state index in [9.17, 15) is 10.5 Å². The lowest BCUT2D eigenvalue weighted by Gasteiger charge is -2.18. The van der Waals surface area contributed by atoms with E-state index in [1.54, 1.807) is 0 Å². The summed E-state index contributed by atoms with van der Waals surface area (Å²) in [6.07, 6.45) is 0. The Hall–Kier alpha value is -6.94. The topological polar surface area (TPSA) is 52.5 Å². The molecule has 0 N–H and O–H groups in total. The lowest BCUT2D eigenvalue weighted by molar-refractivity contribution is 1.17. The van der Waals surface area contributed by atoms with Crippen molar-refractivity contribution in [3.05, 3.63) is 175 Å². The minimum Gasteiger partial charge on any atom is -0.308 e. The molecule has 1 heterocycles. The van der Waals surface area contributed by atoms with Crippen LogP contribution in [0.25, 0.3) is 82.4 Å². The van der Waals surface area contributed by atoms with Crippen molar-refractivity contribution >= 4 is 43.4 Å². The van der Waals surface area contributed by atoms with Crippen molar-refractivity contribution in [1.29, 1.82) is 10.5 Å². The molecule has 0 aliphatic heterocycles. The van der Waals surface area contributed by atoms with Crippen molar-refractivity contribution in [2.24, 2.45) is 0 Å². The summed E-state index contributed by atoms with van der Waals surface area (Å²) in [6, 6.07) is 61.3. The second kappa shape index (κ2) is 11.4. The predicted octanol–water partition coefficient (Wildman–Crippen LogP) is 11.8. The molecule has 0 aliphatic rings. The van der Waals surface area contributed by atoms with E-state index >= 15 is 0 Å². The predicted molar refractivity (Wildman–Crippen MR) is 202 cm³/mol. The highest BCUT2D eigenvalue weighted by molar-refractivity contribution is 6.21. The number of benzene rings is 8. The van der Waals surface area contributed by atoms with Crippen molar-refractivity contribution in [3.8, 4) is 51.2 Å². The van der Waals surface area contributed by atoms with Gasteiger partial charge in [-0.3, -0.25) is 0 Å². The molecule has 0 amide bonds. The van der Waals surface area contributed by atoms with Crippen LogP contribution in [0, 0.1) is 22.7 Å². The minimum absolute atomic E-state index is 0.579. The highest BCUT2D eigenvalue weighted by Crippen LogP contribution is 2.44. The number of nitrogens with zero attached hydrogens (tertiary/aromatic N) is 3.